The number of urea groups is 1. The van der Waals surface area contributed by atoms with E-state index in [1.807, 2.05) is 65.5 Å². The predicted octanol–water partition coefficient (Wildman–Crippen LogP) is 5.77. The molecule has 0 bridgehead atoms. The average molecular weight is 492 g/mol. The van der Waals surface area contributed by atoms with Gasteiger partial charge in [0.05, 0.1) is 19.4 Å². The third kappa shape index (κ3) is 6.12. The zero-order chi connectivity index (χ0) is 25.5. The SMILES string of the molecule is O=C(NCc1ccco1)Nc1ccc(NC(=O)c2ccccc2-c2ccc(Cn3cccn3)cc2)cc1. The van der Waals surface area contributed by atoms with Crippen molar-refractivity contribution in [2.45, 2.75) is 13.1 Å². The summed E-state index contributed by atoms with van der Waals surface area (Å²) < 4.78 is 7.06. The molecule has 0 saturated carbocycles. The first kappa shape index (κ1) is 23.6. The van der Waals surface area contributed by atoms with Crippen molar-refractivity contribution in [1.29, 1.82) is 0 Å². The molecule has 0 aliphatic carbocycles. The molecule has 0 saturated heterocycles. The van der Waals surface area contributed by atoms with Crippen molar-refractivity contribution in [3.8, 4) is 11.1 Å². The number of carbonyl (C=O) groups is 2. The van der Waals surface area contributed by atoms with Gasteiger partial charge in [-0.2, -0.15) is 5.10 Å². The van der Waals surface area contributed by atoms with Gasteiger partial charge in [-0.15, -0.1) is 0 Å². The first-order chi connectivity index (χ1) is 18.1. The van der Waals surface area contributed by atoms with Gasteiger partial charge in [0.25, 0.3) is 5.91 Å². The minimum Gasteiger partial charge on any atom is -0.467 e. The van der Waals surface area contributed by atoms with E-state index in [0.717, 1.165) is 16.7 Å². The summed E-state index contributed by atoms with van der Waals surface area (Å²) in [6, 6.07) is 27.7. The molecular weight excluding hydrogens is 466 g/mol. The minimum atomic E-state index is -0.349. The van der Waals surface area contributed by atoms with Gasteiger partial charge < -0.3 is 20.4 Å². The monoisotopic (exact) mass is 491 g/mol. The molecule has 2 aromatic heterocycles. The quantitative estimate of drug-likeness (QED) is 0.257. The Balaban J connectivity index is 1.21. The Kier molecular flexibility index (Phi) is 7.08. The number of furan rings is 1. The lowest BCUT2D eigenvalue weighted by molar-refractivity contribution is 0.102. The van der Waals surface area contributed by atoms with Gasteiger partial charge >= 0.3 is 6.03 Å². The summed E-state index contributed by atoms with van der Waals surface area (Å²) in [5.74, 6) is 0.451. The van der Waals surface area contributed by atoms with E-state index in [1.165, 1.54) is 0 Å². The largest absolute Gasteiger partial charge is 0.467 e. The summed E-state index contributed by atoms with van der Waals surface area (Å²) in [6.07, 6.45) is 5.24. The molecule has 0 spiro atoms. The maximum Gasteiger partial charge on any atom is 0.319 e. The highest BCUT2D eigenvalue weighted by Crippen LogP contribution is 2.25. The van der Waals surface area contributed by atoms with Gasteiger partial charge in [0, 0.05) is 29.3 Å². The van der Waals surface area contributed by atoms with Crippen molar-refractivity contribution in [2.24, 2.45) is 0 Å². The van der Waals surface area contributed by atoms with E-state index in [-0.39, 0.29) is 11.9 Å². The number of carbonyl (C=O) groups excluding carboxylic acids is 2. The number of benzene rings is 3. The summed E-state index contributed by atoms with van der Waals surface area (Å²) in [4.78, 5) is 25.2. The number of rotatable bonds is 8. The number of amides is 3. The molecule has 0 radical (unpaired) electrons. The van der Waals surface area contributed by atoms with Crippen molar-refractivity contribution in [1.82, 2.24) is 15.1 Å². The Hall–Kier alpha value is -5.11. The van der Waals surface area contributed by atoms with Crippen LogP contribution in [0.4, 0.5) is 16.2 Å². The van der Waals surface area contributed by atoms with Gasteiger partial charge in [0.15, 0.2) is 0 Å². The van der Waals surface area contributed by atoms with Crippen molar-refractivity contribution < 1.29 is 14.0 Å². The molecule has 184 valence electrons. The Labute approximate surface area is 213 Å². The van der Waals surface area contributed by atoms with Crippen molar-refractivity contribution >= 4 is 23.3 Å². The van der Waals surface area contributed by atoms with Crippen LogP contribution >= 0.6 is 0 Å². The Morgan fingerprint density at radius 2 is 1.57 bits per heavy atom. The highest BCUT2D eigenvalue weighted by Gasteiger charge is 2.13. The molecule has 0 aliphatic heterocycles. The van der Waals surface area contributed by atoms with Crippen LogP contribution in [0.15, 0.2) is 114 Å². The standard InChI is InChI=1S/C29H25N5O3/c35-28(32-23-12-14-24(15-13-23)33-29(36)30-19-25-5-3-18-37-25)27-7-2-1-6-26(27)22-10-8-21(9-11-22)20-34-17-4-16-31-34/h1-18H,19-20H2,(H,32,35)(H2,30,33,36). The highest BCUT2D eigenvalue weighted by molar-refractivity contribution is 6.08. The van der Waals surface area contributed by atoms with Crippen LogP contribution in [0.3, 0.4) is 0 Å². The molecule has 3 aromatic carbocycles. The third-order valence-electron chi connectivity index (χ3n) is 5.74. The van der Waals surface area contributed by atoms with Crippen LogP contribution < -0.4 is 16.0 Å². The van der Waals surface area contributed by atoms with Crippen LogP contribution in [0.5, 0.6) is 0 Å². The molecule has 0 fully saturated rings. The molecule has 37 heavy (non-hydrogen) atoms. The number of nitrogens with zero attached hydrogens (tertiary/aromatic N) is 2. The van der Waals surface area contributed by atoms with Crippen molar-refractivity contribution in [3.63, 3.8) is 0 Å². The summed E-state index contributed by atoms with van der Waals surface area (Å²) in [6.45, 7) is 0.978. The lowest BCUT2D eigenvalue weighted by atomic mass is 9.98. The summed E-state index contributed by atoms with van der Waals surface area (Å²) in [7, 11) is 0. The Morgan fingerprint density at radius 3 is 2.27 bits per heavy atom. The van der Waals surface area contributed by atoms with Gasteiger partial charge in [0.2, 0.25) is 0 Å². The van der Waals surface area contributed by atoms with Crippen LogP contribution in [-0.4, -0.2) is 21.7 Å². The fourth-order valence-electron chi connectivity index (χ4n) is 3.89. The molecule has 3 N–H and O–H groups in total. The van der Waals surface area contributed by atoms with Gasteiger partial charge in [-0.25, -0.2) is 4.79 Å². The van der Waals surface area contributed by atoms with E-state index in [1.54, 1.807) is 48.9 Å². The van der Waals surface area contributed by atoms with Crippen LogP contribution in [-0.2, 0) is 13.1 Å². The van der Waals surface area contributed by atoms with Crippen LogP contribution in [0, 0.1) is 0 Å². The number of nitrogens with one attached hydrogen (secondary N) is 3. The molecule has 0 unspecified atom stereocenters. The van der Waals surface area contributed by atoms with E-state index in [9.17, 15) is 9.59 Å². The van der Waals surface area contributed by atoms with Crippen molar-refractivity contribution in [2.75, 3.05) is 10.6 Å². The first-order valence-corrected chi connectivity index (χ1v) is 11.8. The molecule has 2 heterocycles. The fourth-order valence-corrected chi connectivity index (χ4v) is 3.89. The fraction of sp³-hybridized carbons (Fsp3) is 0.0690. The summed E-state index contributed by atoms with van der Waals surface area (Å²) in [5.41, 5.74) is 4.72. The molecule has 0 atom stereocenters. The van der Waals surface area contributed by atoms with Gasteiger partial charge in [-0.05, 0) is 65.2 Å². The predicted molar refractivity (Wildman–Crippen MR) is 142 cm³/mol. The smallest absolute Gasteiger partial charge is 0.319 e. The lowest BCUT2D eigenvalue weighted by Gasteiger charge is -2.12. The van der Waals surface area contributed by atoms with E-state index >= 15 is 0 Å². The lowest BCUT2D eigenvalue weighted by Crippen LogP contribution is -2.27. The number of aromatic nitrogens is 2. The molecule has 0 aliphatic rings. The molecule has 5 aromatic rings. The number of hydrogen-bond acceptors (Lipinski definition) is 4. The zero-order valence-corrected chi connectivity index (χ0v) is 19.9. The third-order valence-corrected chi connectivity index (χ3v) is 5.74. The van der Waals surface area contributed by atoms with Crippen LogP contribution in [0.2, 0.25) is 0 Å². The second-order valence-corrected chi connectivity index (χ2v) is 8.36. The minimum absolute atomic E-state index is 0.215. The second-order valence-electron chi connectivity index (χ2n) is 8.36. The van der Waals surface area contributed by atoms with E-state index in [4.69, 9.17) is 4.42 Å². The van der Waals surface area contributed by atoms with E-state index in [2.05, 4.69) is 21.0 Å². The summed E-state index contributed by atoms with van der Waals surface area (Å²) in [5, 5.41) is 12.7. The Morgan fingerprint density at radius 1 is 0.811 bits per heavy atom. The van der Waals surface area contributed by atoms with Crippen LogP contribution in [0.25, 0.3) is 11.1 Å². The summed E-state index contributed by atoms with van der Waals surface area (Å²) >= 11 is 0. The van der Waals surface area contributed by atoms with Crippen LogP contribution in [0.1, 0.15) is 21.7 Å². The number of anilines is 2. The van der Waals surface area contributed by atoms with Crippen molar-refractivity contribution in [3.05, 3.63) is 127 Å². The van der Waals surface area contributed by atoms with Gasteiger partial charge in [-0.3, -0.25) is 9.48 Å². The molecule has 8 nitrogen and oxygen atoms in total. The zero-order valence-electron chi connectivity index (χ0n) is 19.9. The second kappa shape index (κ2) is 11.1. The molecular formula is C29H25N5O3. The molecule has 3 amide bonds. The Bertz CT molecular complexity index is 1460. The van der Waals surface area contributed by atoms with Gasteiger partial charge in [-0.1, -0.05) is 42.5 Å². The number of hydrogen-bond donors (Lipinski definition) is 3. The first-order valence-electron chi connectivity index (χ1n) is 11.8. The maximum absolute atomic E-state index is 13.1. The average Bonchev–Trinajstić information content (AvgIpc) is 3.64. The maximum atomic E-state index is 13.1. The molecule has 5 rings (SSSR count). The highest BCUT2D eigenvalue weighted by atomic mass is 16.3. The molecule has 8 heteroatoms. The topological polar surface area (TPSA) is 101 Å². The normalized spacial score (nSPS) is 10.6. The van der Waals surface area contributed by atoms with Gasteiger partial charge in [0.1, 0.15) is 5.76 Å². The van der Waals surface area contributed by atoms with E-state index < -0.39 is 0 Å². The van der Waals surface area contributed by atoms with E-state index in [0.29, 0.717) is 35.8 Å².